The maximum absolute atomic E-state index is 10.7. The van der Waals surface area contributed by atoms with Gasteiger partial charge in [0, 0.05) is 29.2 Å². The molecule has 0 saturated heterocycles. The number of carbonyl (C=O) groups is 1. The Morgan fingerprint density at radius 2 is 2.12 bits per heavy atom. The van der Waals surface area contributed by atoms with Crippen molar-refractivity contribution in [3.63, 3.8) is 0 Å². The summed E-state index contributed by atoms with van der Waals surface area (Å²) >= 11 is 0. The first-order chi connectivity index (χ1) is 7.70. The van der Waals surface area contributed by atoms with E-state index in [1.807, 2.05) is 24.3 Å². The van der Waals surface area contributed by atoms with Crippen molar-refractivity contribution in [1.82, 2.24) is 4.57 Å². The molecule has 1 aromatic heterocycles. The van der Waals surface area contributed by atoms with Crippen LogP contribution in [0.25, 0.3) is 10.9 Å². The quantitative estimate of drug-likeness (QED) is 0.565. The summed E-state index contributed by atoms with van der Waals surface area (Å²) in [4.78, 5) is 10.7. The molecule has 0 saturated carbocycles. The number of aromatic nitrogens is 1. The third-order valence-electron chi connectivity index (χ3n) is 2.63. The molecular formula is C14H15NO. The Kier molecular flexibility index (Phi) is 2.91. The van der Waals surface area contributed by atoms with Crippen molar-refractivity contribution in [3.05, 3.63) is 47.7 Å². The predicted molar refractivity (Wildman–Crippen MR) is 66.8 cm³/mol. The molecule has 2 heteroatoms. The Hall–Kier alpha value is -1.83. The van der Waals surface area contributed by atoms with Crippen molar-refractivity contribution in [2.45, 2.75) is 20.4 Å². The van der Waals surface area contributed by atoms with Gasteiger partial charge in [-0.15, -0.1) is 0 Å². The lowest BCUT2D eigenvalue weighted by molar-refractivity contribution is 0.112. The lowest BCUT2D eigenvalue weighted by Gasteiger charge is -2.02. The molecule has 1 aromatic carbocycles. The normalized spacial score (nSPS) is 10.4. The Balaban J connectivity index is 2.41. The van der Waals surface area contributed by atoms with Gasteiger partial charge in [-0.2, -0.15) is 0 Å². The fourth-order valence-electron chi connectivity index (χ4n) is 1.73. The smallest absolute Gasteiger partial charge is 0.150 e. The highest BCUT2D eigenvalue weighted by atomic mass is 16.1. The average Bonchev–Trinajstić information content (AvgIpc) is 2.68. The van der Waals surface area contributed by atoms with E-state index in [1.54, 1.807) is 0 Å². The molecule has 0 bridgehead atoms. The highest BCUT2D eigenvalue weighted by molar-refractivity contribution is 5.87. The second-order valence-corrected chi connectivity index (χ2v) is 4.19. The number of aldehydes is 1. The minimum Gasteiger partial charge on any atom is -0.344 e. The van der Waals surface area contributed by atoms with Crippen molar-refractivity contribution in [2.75, 3.05) is 0 Å². The summed E-state index contributed by atoms with van der Waals surface area (Å²) in [5, 5.41) is 1.12. The molecule has 0 amide bonds. The van der Waals surface area contributed by atoms with Crippen LogP contribution >= 0.6 is 0 Å². The number of carbonyl (C=O) groups excluding carboxylic acids is 1. The van der Waals surface area contributed by atoms with Crippen LogP contribution in [0.15, 0.2) is 42.1 Å². The van der Waals surface area contributed by atoms with E-state index in [0.29, 0.717) is 0 Å². The standard InChI is InChI=1S/C14H15NO/c1-11(2)5-7-15-8-6-13-9-12(10-16)3-4-14(13)15/h3-6,8-10H,7H2,1-2H3. The summed E-state index contributed by atoms with van der Waals surface area (Å²) in [6.45, 7) is 5.07. The fourth-order valence-corrected chi connectivity index (χ4v) is 1.73. The molecule has 2 aromatic rings. The molecule has 16 heavy (non-hydrogen) atoms. The van der Waals surface area contributed by atoms with Gasteiger partial charge in [-0.05, 0) is 38.1 Å². The molecule has 0 N–H and O–H groups in total. The molecule has 0 fully saturated rings. The van der Waals surface area contributed by atoms with Crippen LogP contribution in [0.3, 0.4) is 0 Å². The number of hydrogen-bond acceptors (Lipinski definition) is 1. The Labute approximate surface area is 95.2 Å². The Morgan fingerprint density at radius 3 is 2.81 bits per heavy atom. The number of benzene rings is 1. The first-order valence-electron chi connectivity index (χ1n) is 5.38. The van der Waals surface area contributed by atoms with Crippen molar-refractivity contribution >= 4 is 17.2 Å². The molecular weight excluding hydrogens is 198 g/mol. The van der Waals surface area contributed by atoms with Crippen LogP contribution in [-0.4, -0.2) is 10.9 Å². The molecule has 2 rings (SSSR count). The number of hydrogen-bond donors (Lipinski definition) is 0. The van der Waals surface area contributed by atoms with Gasteiger partial charge in [0.2, 0.25) is 0 Å². The van der Waals surface area contributed by atoms with E-state index < -0.39 is 0 Å². The number of fused-ring (bicyclic) bond motifs is 1. The Bertz CT molecular complexity index is 545. The zero-order valence-corrected chi connectivity index (χ0v) is 9.60. The summed E-state index contributed by atoms with van der Waals surface area (Å²) < 4.78 is 2.18. The van der Waals surface area contributed by atoms with Crippen molar-refractivity contribution in [1.29, 1.82) is 0 Å². The largest absolute Gasteiger partial charge is 0.344 e. The predicted octanol–water partition coefficient (Wildman–Crippen LogP) is 3.42. The molecule has 0 aliphatic carbocycles. The van der Waals surface area contributed by atoms with Crippen LogP contribution in [0, 0.1) is 0 Å². The summed E-state index contributed by atoms with van der Waals surface area (Å²) in [6, 6.07) is 7.81. The topological polar surface area (TPSA) is 22.0 Å². The fraction of sp³-hybridized carbons (Fsp3) is 0.214. The average molecular weight is 213 g/mol. The lowest BCUT2D eigenvalue weighted by atomic mass is 10.2. The van der Waals surface area contributed by atoms with Crippen molar-refractivity contribution in [2.24, 2.45) is 0 Å². The summed E-state index contributed by atoms with van der Waals surface area (Å²) in [7, 11) is 0. The first kappa shape index (κ1) is 10.7. The SMILES string of the molecule is CC(C)=CCn1ccc2cc(C=O)ccc21. The third-order valence-corrected chi connectivity index (χ3v) is 2.63. The molecule has 0 aliphatic heterocycles. The van der Waals surface area contributed by atoms with Gasteiger partial charge in [0.25, 0.3) is 0 Å². The van der Waals surface area contributed by atoms with E-state index in [2.05, 4.69) is 30.7 Å². The van der Waals surface area contributed by atoms with E-state index in [-0.39, 0.29) is 0 Å². The van der Waals surface area contributed by atoms with Crippen LogP contribution in [0.2, 0.25) is 0 Å². The van der Waals surface area contributed by atoms with Gasteiger partial charge in [0.15, 0.2) is 0 Å². The van der Waals surface area contributed by atoms with Crippen LogP contribution in [-0.2, 0) is 6.54 Å². The summed E-state index contributed by atoms with van der Waals surface area (Å²) in [5.41, 5.74) is 3.21. The molecule has 0 aliphatic rings. The second-order valence-electron chi connectivity index (χ2n) is 4.19. The number of nitrogens with zero attached hydrogens (tertiary/aromatic N) is 1. The summed E-state index contributed by atoms with van der Waals surface area (Å²) in [6.07, 6.45) is 5.12. The van der Waals surface area contributed by atoms with Gasteiger partial charge in [-0.3, -0.25) is 4.79 Å². The van der Waals surface area contributed by atoms with E-state index in [4.69, 9.17) is 0 Å². The Morgan fingerprint density at radius 1 is 1.31 bits per heavy atom. The maximum Gasteiger partial charge on any atom is 0.150 e. The molecule has 1 heterocycles. The summed E-state index contributed by atoms with van der Waals surface area (Å²) in [5.74, 6) is 0. The van der Waals surface area contributed by atoms with Gasteiger partial charge in [-0.1, -0.05) is 11.6 Å². The van der Waals surface area contributed by atoms with E-state index in [1.165, 1.54) is 11.1 Å². The molecule has 0 atom stereocenters. The molecule has 0 unspecified atom stereocenters. The van der Waals surface area contributed by atoms with Crippen LogP contribution in [0.4, 0.5) is 0 Å². The minimum absolute atomic E-state index is 0.729. The van der Waals surface area contributed by atoms with Crippen molar-refractivity contribution < 1.29 is 4.79 Å². The van der Waals surface area contributed by atoms with Crippen molar-refractivity contribution in [3.8, 4) is 0 Å². The molecule has 0 radical (unpaired) electrons. The molecule has 0 spiro atoms. The van der Waals surface area contributed by atoms with E-state index in [0.717, 1.165) is 23.8 Å². The van der Waals surface area contributed by atoms with E-state index in [9.17, 15) is 4.79 Å². The van der Waals surface area contributed by atoms with Gasteiger partial charge in [0.1, 0.15) is 6.29 Å². The van der Waals surface area contributed by atoms with Gasteiger partial charge in [-0.25, -0.2) is 0 Å². The van der Waals surface area contributed by atoms with Crippen LogP contribution in [0.5, 0.6) is 0 Å². The van der Waals surface area contributed by atoms with Gasteiger partial charge < -0.3 is 4.57 Å². The molecule has 82 valence electrons. The van der Waals surface area contributed by atoms with Crippen LogP contribution in [0.1, 0.15) is 24.2 Å². The number of allylic oxidation sites excluding steroid dienone is 2. The monoisotopic (exact) mass is 213 g/mol. The first-order valence-corrected chi connectivity index (χ1v) is 5.38. The van der Waals surface area contributed by atoms with Crippen LogP contribution < -0.4 is 0 Å². The number of rotatable bonds is 3. The van der Waals surface area contributed by atoms with Gasteiger partial charge in [0.05, 0.1) is 0 Å². The zero-order valence-electron chi connectivity index (χ0n) is 9.60. The van der Waals surface area contributed by atoms with Gasteiger partial charge >= 0.3 is 0 Å². The third kappa shape index (κ3) is 2.06. The van der Waals surface area contributed by atoms with E-state index >= 15 is 0 Å². The highest BCUT2D eigenvalue weighted by Gasteiger charge is 2.00. The minimum atomic E-state index is 0.729. The highest BCUT2D eigenvalue weighted by Crippen LogP contribution is 2.17. The maximum atomic E-state index is 10.7. The lowest BCUT2D eigenvalue weighted by Crippen LogP contribution is -1.93. The molecule has 2 nitrogen and oxygen atoms in total. The second kappa shape index (κ2) is 4.35. The zero-order chi connectivity index (χ0) is 11.5.